The normalized spacial score (nSPS) is 11.1. The molecule has 0 saturated carbocycles. The Morgan fingerprint density at radius 2 is 1.88 bits per heavy atom. The summed E-state index contributed by atoms with van der Waals surface area (Å²) in [5.41, 5.74) is 3.38. The quantitative estimate of drug-likeness (QED) is 0.709. The van der Waals surface area contributed by atoms with Crippen LogP contribution in [0.4, 0.5) is 0 Å². The summed E-state index contributed by atoms with van der Waals surface area (Å²) < 4.78 is 2.02. The van der Waals surface area contributed by atoms with Crippen molar-refractivity contribution in [2.75, 3.05) is 0 Å². The van der Waals surface area contributed by atoms with Crippen molar-refractivity contribution in [3.05, 3.63) is 63.3 Å². The highest BCUT2D eigenvalue weighted by Gasteiger charge is 2.17. The van der Waals surface area contributed by atoms with Crippen LogP contribution in [0.5, 0.6) is 5.75 Å². The minimum absolute atomic E-state index is 0.0971. The standard InChI is InChI=1S/C18H15Cl2NO3/c1-10-13(8-18(23)24)14-7-12(22)3-5-17(14)21(10)9-11-2-4-15(19)16(20)6-11/h2-7,22H,8-9H2,1H3,(H,23,24). The second-order valence-electron chi connectivity index (χ2n) is 5.67. The van der Waals surface area contributed by atoms with E-state index in [0.29, 0.717) is 22.2 Å². The largest absolute Gasteiger partial charge is 0.508 e. The molecule has 6 heteroatoms. The van der Waals surface area contributed by atoms with Crippen LogP contribution in [0.3, 0.4) is 0 Å². The van der Waals surface area contributed by atoms with Gasteiger partial charge in [-0.15, -0.1) is 0 Å². The topological polar surface area (TPSA) is 62.5 Å². The molecule has 0 atom stereocenters. The Morgan fingerprint density at radius 3 is 2.54 bits per heavy atom. The van der Waals surface area contributed by atoms with Gasteiger partial charge < -0.3 is 14.8 Å². The maximum absolute atomic E-state index is 11.2. The van der Waals surface area contributed by atoms with Gasteiger partial charge in [0, 0.05) is 23.1 Å². The van der Waals surface area contributed by atoms with Crippen molar-refractivity contribution in [2.24, 2.45) is 0 Å². The molecule has 1 heterocycles. The number of aromatic hydroxyl groups is 1. The molecule has 0 fully saturated rings. The Hall–Kier alpha value is -2.17. The third kappa shape index (κ3) is 3.07. The SMILES string of the molecule is Cc1c(CC(=O)O)c2cc(O)ccc2n1Cc1ccc(Cl)c(Cl)c1. The summed E-state index contributed by atoms with van der Waals surface area (Å²) in [7, 11) is 0. The maximum Gasteiger partial charge on any atom is 0.307 e. The Kier molecular flexibility index (Phi) is 4.43. The van der Waals surface area contributed by atoms with Gasteiger partial charge in [0.05, 0.1) is 16.5 Å². The molecule has 124 valence electrons. The van der Waals surface area contributed by atoms with Crippen molar-refractivity contribution < 1.29 is 15.0 Å². The van der Waals surface area contributed by atoms with Gasteiger partial charge in [-0.05, 0) is 48.4 Å². The molecule has 3 aromatic rings. The highest BCUT2D eigenvalue weighted by molar-refractivity contribution is 6.42. The van der Waals surface area contributed by atoms with Crippen LogP contribution in [0, 0.1) is 6.92 Å². The molecule has 1 aromatic heterocycles. The molecular weight excluding hydrogens is 349 g/mol. The van der Waals surface area contributed by atoms with E-state index in [2.05, 4.69) is 0 Å². The van der Waals surface area contributed by atoms with Gasteiger partial charge in [-0.25, -0.2) is 0 Å². The number of carboxylic acids is 1. The van der Waals surface area contributed by atoms with Gasteiger partial charge in [-0.3, -0.25) is 4.79 Å². The number of carboxylic acid groups (broad SMARTS) is 1. The Labute approximate surface area is 148 Å². The number of phenols is 1. The molecule has 2 N–H and O–H groups in total. The molecule has 0 bridgehead atoms. The number of aliphatic carboxylic acids is 1. The molecule has 0 radical (unpaired) electrons. The zero-order valence-electron chi connectivity index (χ0n) is 12.9. The molecule has 0 amide bonds. The zero-order chi connectivity index (χ0) is 17.4. The van der Waals surface area contributed by atoms with Gasteiger partial charge in [-0.1, -0.05) is 29.3 Å². The van der Waals surface area contributed by atoms with Crippen molar-refractivity contribution in [1.82, 2.24) is 4.57 Å². The number of hydrogen-bond donors (Lipinski definition) is 2. The van der Waals surface area contributed by atoms with Crippen LogP contribution >= 0.6 is 23.2 Å². The predicted molar refractivity (Wildman–Crippen MR) is 95.2 cm³/mol. The first-order chi connectivity index (χ1) is 11.4. The molecule has 0 spiro atoms. The highest BCUT2D eigenvalue weighted by Crippen LogP contribution is 2.31. The van der Waals surface area contributed by atoms with E-state index in [-0.39, 0.29) is 12.2 Å². The Bertz CT molecular complexity index is 947. The number of carbonyl (C=O) groups is 1. The summed E-state index contributed by atoms with van der Waals surface area (Å²) in [5.74, 6) is -0.796. The van der Waals surface area contributed by atoms with Crippen molar-refractivity contribution in [1.29, 1.82) is 0 Å². The molecule has 2 aromatic carbocycles. The highest BCUT2D eigenvalue weighted by atomic mass is 35.5. The molecule has 0 unspecified atom stereocenters. The van der Waals surface area contributed by atoms with Gasteiger partial charge >= 0.3 is 5.97 Å². The van der Waals surface area contributed by atoms with Gasteiger partial charge in [0.25, 0.3) is 0 Å². The van der Waals surface area contributed by atoms with E-state index in [4.69, 9.17) is 23.2 Å². The summed E-state index contributed by atoms with van der Waals surface area (Å²) in [5, 5.41) is 20.7. The number of aromatic nitrogens is 1. The average molecular weight is 364 g/mol. The second-order valence-corrected chi connectivity index (χ2v) is 6.48. The zero-order valence-corrected chi connectivity index (χ0v) is 14.4. The first-order valence-corrected chi connectivity index (χ1v) is 8.09. The third-order valence-corrected chi connectivity index (χ3v) is 4.83. The van der Waals surface area contributed by atoms with E-state index in [1.165, 1.54) is 0 Å². The Balaban J connectivity index is 2.14. The van der Waals surface area contributed by atoms with E-state index in [1.807, 2.05) is 17.6 Å². The van der Waals surface area contributed by atoms with Gasteiger partial charge in [-0.2, -0.15) is 0 Å². The lowest BCUT2D eigenvalue weighted by atomic mass is 10.1. The Morgan fingerprint density at radius 1 is 1.12 bits per heavy atom. The fourth-order valence-electron chi connectivity index (χ4n) is 2.94. The first kappa shape index (κ1) is 16.7. The van der Waals surface area contributed by atoms with Crippen LogP contribution in [0.25, 0.3) is 10.9 Å². The molecule has 4 nitrogen and oxygen atoms in total. The summed E-state index contributed by atoms with van der Waals surface area (Å²) in [6.45, 7) is 2.41. The van der Waals surface area contributed by atoms with Gasteiger partial charge in [0.15, 0.2) is 0 Å². The smallest absolute Gasteiger partial charge is 0.307 e. The van der Waals surface area contributed by atoms with Crippen LogP contribution < -0.4 is 0 Å². The number of phenolic OH excluding ortho intramolecular Hbond substituents is 1. The summed E-state index contributed by atoms with van der Waals surface area (Å²) in [6.07, 6.45) is -0.0971. The molecule has 0 aliphatic heterocycles. The van der Waals surface area contributed by atoms with Crippen molar-refractivity contribution in [3.8, 4) is 5.75 Å². The molecule has 24 heavy (non-hydrogen) atoms. The van der Waals surface area contributed by atoms with Crippen LogP contribution in [-0.4, -0.2) is 20.7 Å². The van der Waals surface area contributed by atoms with E-state index in [0.717, 1.165) is 22.2 Å². The lowest BCUT2D eigenvalue weighted by Crippen LogP contribution is -2.05. The summed E-state index contributed by atoms with van der Waals surface area (Å²) in [4.78, 5) is 11.2. The van der Waals surface area contributed by atoms with Crippen molar-refractivity contribution in [2.45, 2.75) is 19.9 Å². The number of nitrogens with zero attached hydrogens (tertiary/aromatic N) is 1. The van der Waals surface area contributed by atoms with Gasteiger partial charge in [0.1, 0.15) is 5.75 Å². The molecule has 0 saturated heterocycles. The maximum atomic E-state index is 11.2. The van der Waals surface area contributed by atoms with Crippen molar-refractivity contribution >= 4 is 40.1 Å². The van der Waals surface area contributed by atoms with Crippen LogP contribution in [-0.2, 0) is 17.8 Å². The number of halogens is 2. The lowest BCUT2D eigenvalue weighted by molar-refractivity contribution is -0.136. The number of rotatable bonds is 4. The summed E-state index contributed by atoms with van der Waals surface area (Å²) in [6, 6.07) is 10.4. The predicted octanol–water partition coefficient (Wildman–Crippen LogP) is 4.64. The summed E-state index contributed by atoms with van der Waals surface area (Å²) >= 11 is 12.0. The van der Waals surface area contributed by atoms with E-state index < -0.39 is 5.97 Å². The van der Waals surface area contributed by atoms with E-state index in [1.54, 1.807) is 30.3 Å². The average Bonchev–Trinajstić information content (AvgIpc) is 2.76. The first-order valence-electron chi connectivity index (χ1n) is 7.33. The monoisotopic (exact) mass is 363 g/mol. The van der Waals surface area contributed by atoms with Crippen molar-refractivity contribution in [3.63, 3.8) is 0 Å². The number of fused-ring (bicyclic) bond motifs is 1. The fraction of sp³-hybridized carbons (Fsp3) is 0.167. The molecule has 0 aliphatic carbocycles. The third-order valence-electron chi connectivity index (χ3n) is 4.09. The molecular formula is C18H15Cl2NO3. The van der Waals surface area contributed by atoms with Gasteiger partial charge in [0.2, 0.25) is 0 Å². The minimum Gasteiger partial charge on any atom is -0.508 e. The van der Waals surface area contributed by atoms with E-state index in [9.17, 15) is 15.0 Å². The van der Waals surface area contributed by atoms with Crippen LogP contribution in [0.2, 0.25) is 10.0 Å². The second kappa shape index (κ2) is 6.38. The van der Waals surface area contributed by atoms with Crippen LogP contribution in [0.1, 0.15) is 16.8 Å². The minimum atomic E-state index is -0.907. The molecule has 0 aliphatic rings. The number of hydrogen-bond acceptors (Lipinski definition) is 2. The van der Waals surface area contributed by atoms with E-state index >= 15 is 0 Å². The fourth-order valence-corrected chi connectivity index (χ4v) is 3.26. The van der Waals surface area contributed by atoms with Crippen LogP contribution in [0.15, 0.2) is 36.4 Å². The lowest BCUT2D eigenvalue weighted by Gasteiger charge is -2.10. The molecule has 3 rings (SSSR count). The number of benzene rings is 2.